The Kier molecular flexibility index (Phi) is 15.4. The Morgan fingerprint density at radius 1 is 0.444 bits per heavy atom. The summed E-state index contributed by atoms with van der Waals surface area (Å²) in [7, 11) is -2.83. The molecule has 0 bridgehead atoms. The molecule has 0 aliphatic carbocycles. The number of aryl methyl sites for hydroxylation is 2. The zero-order valence-corrected chi connectivity index (χ0v) is 34.2. The molecule has 4 aromatic heterocycles. The fourth-order valence-electron chi connectivity index (χ4n) is 6.19. The molecule has 0 atom stereocenters. The highest BCUT2D eigenvalue weighted by atomic mass is 32.1. The first kappa shape index (κ1) is 37.0. The number of hydrogen-bond donors (Lipinski definition) is 0. The number of rotatable bonds is 22. The molecule has 0 unspecified atom stereocenters. The normalized spacial score (nSPS) is 12.4. The van der Waals surface area contributed by atoms with Gasteiger partial charge in [0.15, 0.2) is 16.6 Å². The molecule has 248 valence electrons. The molecule has 0 N–H and O–H groups in total. The van der Waals surface area contributed by atoms with E-state index >= 15 is 0 Å². The highest BCUT2D eigenvalue weighted by Crippen LogP contribution is 2.43. The van der Waals surface area contributed by atoms with Crippen LogP contribution in [0.4, 0.5) is 0 Å². The molecular weight excluding hydrogens is 657 g/mol. The van der Waals surface area contributed by atoms with Crippen LogP contribution in [-0.2, 0) is 17.0 Å². The van der Waals surface area contributed by atoms with Crippen LogP contribution < -0.4 is 0 Å². The summed E-state index contributed by atoms with van der Waals surface area (Å²) in [4.78, 5) is 11.6. The maximum Gasteiger partial charge on any atom is 0.173 e. The van der Waals surface area contributed by atoms with Gasteiger partial charge in [-0.15, -0.1) is 45.3 Å². The third-order valence-electron chi connectivity index (χ3n) is 8.33. The van der Waals surface area contributed by atoms with Gasteiger partial charge in [-0.3, -0.25) is 0 Å². The zero-order valence-electron chi connectivity index (χ0n) is 29.0. The summed E-state index contributed by atoms with van der Waals surface area (Å²) >= 11 is 7.89. The fourth-order valence-corrected chi connectivity index (χ4v) is 18.7. The van der Waals surface area contributed by atoms with E-state index in [0.717, 1.165) is 0 Å². The molecule has 0 saturated heterocycles. The minimum Gasteiger partial charge on any atom is -0.456 e. The van der Waals surface area contributed by atoms with E-state index in [4.69, 9.17) is 4.12 Å². The molecule has 0 amide bonds. The molecule has 0 saturated carbocycles. The van der Waals surface area contributed by atoms with E-state index in [-0.39, 0.29) is 0 Å². The largest absolute Gasteiger partial charge is 0.456 e. The topological polar surface area (TPSA) is 9.23 Å². The quantitative estimate of drug-likeness (QED) is 0.0582. The highest BCUT2D eigenvalue weighted by Gasteiger charge is 2.28. The lowest BCUT2D eigenvalue weighted by molar-refractivity contribution is 0.532. The van der Waals surface area contributed by atoms with Gasteiger partial charge < -0.3 is 4.12 Å². The SMILES string of the molecule is CCCCCCc1ccc(-c2ccc(-c3ccc(-c4ccc(CCCCCCCCCCC[Si](C)(C)O[Si](C)(C)C)s4)s3)s2)s1. The first-order valence-electron chi connectivity index (χ1n) is 17.7. The lowest BCUT2D eigenvalue weighted by Gasteiger charge is -2.31. The number of thiophene rings is 4. The first-order valence-corrected chi connectivity index (χ1v) is 27.5. The van der Waals surface area contributed by atoms with E-state index < -0.39 is 16.6 Å². The van der Waals surface area contributed by atoms with Crippen molar-refractivity contribution in [2.45, 2.75) is 142 Å². The summed E-state index contributed by atoms with van der Waals surface area (Å²) in [5.41, 5.74) is 0. The first-order chi connectivity index (χ1) is 21.6. The lowest BCUT2D eigenvalue weighted by atomic mass is 10.1. The van der Waals surface area contributed by atoms with Crippen LogP contribution in [0.3, 0.4) is 0 Å². The predicted octanol–water partition coefficient (Wildman–Crippen LogP) is 15.2. The van der Waals surface area contributed by atoms with Gasteiger partial charge in [-0.25, -0.2) is 0 Å². The van der Waals surface area contributed by atoms with Gasteiger partial charge in [0.1, 0.15) is 0 Å². The second kappa shape index (κ2) is 18.7. The van der Waals surface area contributed by atoms with Gasteiger partial charge in [-0.05, 0) is 113 Å². The Morgan fingerprint density at radius 3 is 1.22 bits per heavy atom. The Bertz CT molecular complexity index is 1390. The van der Waals surface area contributed by atoms with Crippen LogP contribution in [0.25, 0.3) is 29.3 Å². The van der Waals surface area contributed by atoms with Crippen molar-refractivity contribution in [1.29, 1.82) is 0 Å². The fraction of sp³-hybridized carbons (Fsp3) is 0.579. The van der Waals surface area contributed by atoms with Crippen molar-refractivity contribution in [3.8, 4) is 29.3 Å². The standard InChI is InChI=1S/C38H58OS4Si2/c1-7-8-9-17-20-31-22-24-33(40-31)35-26-28-37(42-35)38-29-27-36(43-38)34-25-23-32(41-34)21-18-15-13-11-10-12-14-16-19-30-45(5,6)39-44(2,3)4/h22-29H,7-21,30H2,1-6H3. The van der Waals surface area contributed by atoms with Crippen LogP contribution in [0.1, 0.15) is 100 Å². The Hall–Kier alpha value is -0.806. The van der Waals surface area contributed by atoms with Crippen LogP contribution in [0.15, 0.2) is 48.5 Å². The third-order valence-corrected chi connectivity index (χ3v) is 19.6. The van der Waals surface area contributed by atoms with Crippen molar-refractivity contribution in [1.82, 2.24) is 0 Å². The van der Waals surface area contributed by atoms with E-state index in [1.165, 1.54) is 136 Å². The van der Waals surface area contributed by atoms with Gasteiger partial charge in [-0.1, -0.05) is 77.6 Å². The summed E-state index contributed by atoms with van der Waals surface area (Å²) in [6.45, 7) is 14.1. The molecule has 0 aromatic carbocycles. The van der Waals surface area contributed by atoms with Crippen LogP contribution >= 0.6 is 45.3 Å². The lowest BCUT2D eigenvalue weighted by Crippen LogP contribution is -2.42. The van der Waals surface area contributed by atoms with Gasteiger partial charge in [0, 0.05) is 39.0 Å². The molecule has 4 aromatic rings. The molecule has 45 heavy (non-hydrogen) atoms. The molecule has 4 heterocycles. The Labute approximate surface area is 293 Å². The minimum absolute atomic E-state index is 1.23. The van der Waals surface area contributed by atoms with E-state index in [9.17, 15) is 0 Å². The van der Waals surface area contributed by atoms with Gasteiger partial charge in [0.05, 0.1) is 0 Å². The monoisotopic (exact) mass is 714 g/mol. The molecule has 0 aliphatic rings. The van der Waals surface area contributed by atoms with E-state index in [1.807, 2.05) is 45.3 Å². The Balaban J connectivity index is 1.10. The smallest absolute Gasteiger partial charge is 0.173 e. The van der Waals surface area contributed by atoms with Gasteiger partial charge in [-0.2, -0.15) is 0 Å². The molecule has 4 rings (SSSR count). The molecule has 0 radical (unpaired) electrons. The summed E-state index contributed by atoms with van der Waals surface area (Å²) in [6.07, 6.45) is 20.3. The highest BCUT2D eigenvalue weighted by molar-refractivity contribution is 7.28. The van der Waals surface area contributed by atoms with E-state index in [1.54, 1.807) is 4.88 Å². The summed E-state index contributed by atoms with van der Waals surface area (Å²) in [5.74, 6) is 0. The van der Waals surface area contributed by atoms with Crippen molar-refractivity contribution in [2.24, 2.45) is 0 Å². The molecule has 0 fully saturated rings. The summed E-state index contributed by atoms with van der Waals surface area (Å²) in [6, 6.07) is 20.0. The average molecular weight is 715 g/mol. The maximum atomic E-state index is 6.49. The second-order valence-corrected chi connectivity index (χ2v) is 27.9. The van der Waals surface area contributed by atoms with Crippen molar-refractivity contribution in [3.63, 3.8) is 0 Å². The molecule has 7 heteroatoms. The van der Waals surface area contributed by atoms with Crippen LogP contribution in [0, 0.1) is 0 Å². The van der Waals surface area contributed by atoms with Crippen molar-refractivity contribution in [3.05, 3.63) is 58.3 Å². The molecule has 1 nitrogen and oxygen atoms in total. The van der Waals surface area contributed by atoms with Gasteiger partial charge >= 0.3 is 0 Å². The van der Waals surface area contributed by atoms with E-state index in [2.05, 4.69) is 88.2 Å². The van der Waals surface area contributed by atoms with Crippen LogP contribution in [0.2, 0.25) is 38.8 Å². The second-order valence-electron chi connectivity index (χ2n) is 14.3. The molecular formula is C38H58OS4Si2. The van der Waals surface area contributed by atoms with Crippen molar-refractivity contribution in [2.75, 3.05) is 0 Å². The third kappa shape index (κ3) is 13.3. The molecule has 0 aliphatic heterocycles. The van der Waals surface area contributed by atoms with Crippen LogP contribution in [0.5, 0.6) is 0 Å². The number of unbranched alkanes of at least 4 members (excludes halogenated alkanes) is 11. The minimum atomic E-state index is -1.44. The summed E-state index contributed by atoms with van der Waals surface area (Å²) in [5, 5.41) is 0. The summed E-state index contributed by atoms with van der Waals surface area (Å²) < 4.78 is 6.49. The van der Waals surface area contributed by atoms with Gasteiger partial charge in [0.25, 0.3) is 0 Å². The van der Waals surface area contributed by atoms with Crippen LogP contribution in [-0.4, -0.2) is 16.6 Å². The molecule has 0 spiro atoms. The van der Waals surface area contributed by atoms with Gasteiger partial charge in [0.2, 0.25) is 0 Å². The van der Waals surface area contributed by atoms with Crippen molar-refractivity contribution < 1.29 is 4.12 Å². The van der Waals surface area contributed by atoms with Crippen molar-refractivity contribution >= 4 is 62.0 Å². The predicted molar refractivity (Wildman–Crippen MR) is 214 cm³/mol. The number of hydrogen-bond acceptors (Lipinski definition) is 5. The van der Waals surface area contributed by atoms with E-state index in [0.29, 0.717) is 0 Å². The Morgan fingerprint density at radius 2 is 0.800 bits per heavy atom. The maximum absolute atomic E-state index is 6.49. The zero-order chi connectivity index (χ0) is 32.1. The average Bonchev–Trinajstić information content (AvgIpc) is 3.79.